The van der Waals surface area contributed by atoms with E-state index in [1.807, 2.05) is 0 Å². The summed E-state index contributed by atoms with van der Waals surface area (Å²) in [6, 6.07) is 0. The average molecular weight is 141 g/mol. The topological polar surface area (TPSA) is 0 Å². The highest BCUT2D eigenvalue weighted by Crippen LogP contribution is 2.13. The Hall–Kier alpha value is 0. The fourth-order valence-corrected chi connectivity index (χ4v) is 1.01. The third-order valence-corrected chi connectivity index (χ3v) is 2.01. The van der Waals surface area contributed by atoms with E-state index < -0.39 is 0 Å². The Bertz CT molecular complexity index is 64.4. The predicted octanol–water partition coefficient (Wildman–Crippen LogP) is 3.67. The Morgan fingerprint density at radius 3 is 2.10 bits per heavy atom. The van der Waals surface area contributed by atoms with E-state index in [2.05, 4.69) is 34.1 Å². The van der Waals surface area contributed by atoms with Crippen LogP contribution in [0.15, 0.2) is 0 Å². The highest BCUT2D eigenvalue weighted by molar-refractivity contribution is 4.66. The van der Waals surface area contributed by atoms with Crippen molar-refractivity contribution in [3.8, 4) is 0 Å². The van der Waals surface area contributed by atoms with E-state index in [4.69, 9.17) is 0 Å². The summed E-state index contributed by atoms with van der Waals surface area (Å²) in [5.41, 5.74) is 0. The molecule has 0 aliphatic heterocycles. The van der Waals surface area contributed by atoms with E-state index in [1.165, 1.54) is 19.3 Å². The maximum absolute atomic E-state index is 2.29. The van der Waals surface area contributed by atoms with Gasteiger partial charge in [-0.25, -0.2) is 0 Å². The van der Waals surface area contributed by atoms with Crippen LogP contribution in [0.1, 0.15) is 47.0 Å². The molecule has 0 saturated heterocycles. The monoisotopic (exact) mass is 141 g/mol. The molecule has 1 radical (unpaired) electrons. The molecule has 0 heterocycles. The largest absolute Gasteiger partial charge is 0.0628 e. The number of hydrogen-bond donors (Lipinski definition) is 0. The summed E-state index contributed by atoms with van der Waals surface area (Å²) in [4.78, 5) is 0. The first-order valence-electron chi connectivity index (χ1n) is 4.46. The molecule has 0 aromatic rings. The van der Waals surface area contributed by atoms with Gasteiger partial charge in [-0.1, -0.05) is 47.0 Å². The third kappa shape index (κ3) is 6.12. The lowest BCUT2D eigenvalue weighted by molar-refractivity contribution is 0.489. The second-order valence-electron chi connectivity index (χ2n) is 3.64. The van der Waals surface area contributed by atoms with Gasteiger partial charge < -0.3 is 0 Å². The molecule has 1 atom stereocenters. The van der Waals surface area contributed by atoms with Gasteiger partial charge in [0, 0.05) is 0 Å². The second-order valence-corrected chi connectivity index (χ2v) is 3.64. The van der Waals surface area contributed by atoms with Gasteiger partial charge in [-0.2, -0.15) is 0 Å². The van der Waals surface area contributed by atoms with Crippen LogP contribution in [0.4, 0.5) is 0 Å². The van der Waals surface area contributed by atoms with Crippen molar-refractivity contribution in [2.45, 2.75) is 47.0 Å². The van der Waals surface area contributed by atoms with Gasteiger partial charge in [-0.05, 0) is 18.3 Å². The molecule has 0 amide bonds. The lowest BCUT2D eigenvalue weighted by Gasteiger charge is -2.08. The van der Waals surface area contributed by atoms with E-state index in [1.54, 1.807) is 0 Å². The molecule has 1 unspecified atom stereocenters. The summed E-state index contributed by atoms with van der Waals surface area (Å²) in [6.45, 7) is 9.03. The Morgan fingerprint density at radius 2 is 1.70 bits per heavy atom. The van der Waals surface area contributed by atoms with Crippen molar-refractivity contribution in [2.75, 3.05) is 0 Å². The molecule has 0 bridgehead atoms. The molecule has 0 N–H and O–H groups in total. The minimum absolute atomic E-state index is 0.818. The van der Waals surface area contributed by atoms with Crippen LogP contribution in [0.5, 0.6) is 0 Å². The summed E-state index contributed by atoms with van der Waals surface area (Å²) < 4.78 is 0. The molecule has 0 aliphatic carbocycles. The Balaban J connectivity index is 3.03. The lowest BCUT2D eigenvalue weighted by atomic mass is 9.98. The van der Waals surface area contributed by atoms with Crippen molar-refractivity contribution >= 4 is 0 Å². The first-order valence-corrected chi connectivity index (χ1v) is 4.46. The van der Waals surface area contributed by atoms with Crippen molar-refractivity contribution in [3.63, 3.8) is 0 Å². The summed E-state index contributed by atoms with van der Waals surface area (Å²) >= 11 is 0. The van der Waals surface area contributed by atoms with Gasteiger partial charge in [-0.3, -0.25) is 0 Å². The minimum atomic E-state index is 0.818. The second kappa shape index (κ2) is 5.76. The normalized spacial score (nSPS) is 14.1. The molecule has 0 fully saturated rings. The van der Waals surface area contributed by atoms with Gasteiger partial charge >= 0.3 is 0 Å². The maximum Gasteiger partial charge on any atom is -0.0389 e. The minimum Gasteiger partial charge on any atom is -0.0628 e. The Kier molecular flexibility index (Phi) is 5.76. The van der Waals surface area contributed by atoms with Crippen molar-refractivity contribution in [1.82, 2.24) is 0 Å². The molecule has 0 saturated carbocycles. The molecule has 0 rings (SSSR count). The van der Waals surface area contributed by atoms with Gasteiger partial charge in [0.2, 0.25) is 0 Å². The molecule has 10 heavy (non-hydrogen) atoms. The fraction of sp³-hybridized carbons (Fsp3) is 0.900. The first kappa shape index (κ1) is 10.0. The van der Waals surface area contributed by atoms with Crippen LogP contribution in [-0.4, -0.2) is 0 Å². The maximum atomic E-state index is 2.29. The number of rotatable bonds is 5. The lowest BCUT2D eigenvalue weighted by Crippen LogP contribution is -1.94. The van der Waals surface area contributed by atoms with Crippen LogP contribution < -0.4 is 0 Å². The van der Waals surface area contributed by atoms with Crippen LogP contribution in [-0.2, 0) is 0 Å². The Morgan fingerprint density at radius 1 is 1.10 bits per heavy atom. The zero-order valence-corrected chi connectivity index (χ0v) is 7.85. The molecule has 0 spiro atoms. The Labute approximate surface area is 66.0 Å². The quantitative estimate of drug-likeness (QED) is 0.548. The summed E-state index contributed by atoms with van der Waals surface area (Å²) in [5.74, 6) is 1.70. The highest BCUT2D eigenvalue weighted by atomic mass is 14.0. The zero-order chi connectivity index (χ0) is 7.98. The van der Waals surface area contributed by atoms with Crippen molar-refractivity contribution in [1.29, 1.82) is 0 Å². The highest BCUT2D eigenvalue weighted by Gasteiger charge is 1.99. The smallest absolute Gasteiger partial charge is 0.0389 e. The fourth-order valence-electron chi connectivity index (χ4n) is 1.01. The van der Waals surface area contributed by atoms with Crippen LogP contribution in [0.2, 0.25) is 0 Å². The van der Waals surface area contributed by atoms with E-state index in [-0.39, 0.29) is 0 Å². The SMILES string of the molecule is C[CH]C(C)CCCC(C)C. The molecule has 0 aromatic heterocycles. The molecule has 0 nitrogen and oxygen atoms in total. The van der Waals surface area contributed by atoms with Crippen LogP contribution in [0.25, 0.3) is 0 Å². The van der Waals surface area contributed by atoms with Crippen molar-refractivity contribution in [2.24, 2.45) is 11.8 Å². The molecule has 0 aliphatic rings. The molecular weight excluding hydrogens is 120 g/mol. The summed E-state index contributed by atoms with van der Waals surface area (Å²) in [6.07, 6.45) is 6.44. The van der Waals surface area contributed by atoms with Crippen LogP contribution in [0.3, 0.4) is 0 Å². The summed E-state index contributed by atoms with van der Waals surface area (Å²) in [7, 11) is 0. The third-order valence-electron chi connectivity index (χ3n) is 2.01. The number of hydrogen-bond acceptors (Lipinski definition) is 0. The van der Waals surface area contributed by atoms with Crippen molar-refractivity contribution in [3.05, 3.63) is 6.42 Å². The predicted molar refractivity (Wildman–Crippen MR) is 47.8 cm³/mol. The van der Waals surface area contributed by atoms with Gasteiger partial charge in [-0.15, -0.1) is 0 Å². The molecule has 61 valence electrons. The van der Waals surface area contributed by atoms with E-state index >= 15 is 0 Å². The van der Waals surface area contributed by atoms with Crippen LogP contribution >= 0.6 is 0 Å². The van der Waals surface area contributed by atoms with Crippen molar-refractivity contribution < 1.29 is 0 Å². The van der Waals surface area contributed by atoms with Gasteiger partial charge in [0.15, 0.2) is 0 Å². The van der Waals surface area contributed by atoms with E-state index in [9.17, 15) is 0 Å². The van der Waals surface area contributed by atoms with Gasteiger partial charge in [0.25, 0.3) is 0 Å². The van der Waals surface area contributed by atoms with Gasteiger partial charge in [0.05, 0.1) is 0 Å². The average Bonchev–Trinajstić information content (AvgIpc) is 1.87. The summed E-state index contributed by atoms with van der Waals surface area (Å²) in [5, 5.41) is 0. The van der Waals surface area contributed by atoms with Crippen LogP contribution in [0, 0.1) is 18.3 Å². The van der Waals surface area contributed by atoms with E-state index in [0.717, 1.165) is 11.8 Å². The molecular formula is C10H21. The standard InChI is InChI=1S/C10H21/c1-5-10(4)8-6-7-9(2)3/h5,9-10H,6-8H2,1-4H3. The van der Waals surface area contributed by atoms with Gasteiger partial charge in [0.1, 0.15) is 0 Å². The zero-order valence-electron chi connectivity index (χ0n) is 7.85. The first-order chi connectivity index (χ1) is 4.66. The molecule has 0 heteroatoms. The van der Waals surface area contributed by atoms with E-state index in [0.29, 0.717) is 0 Å². The molecule has 0 aromatic carbocycles.